The highest BCUT2D eigenvalue weighted by molar-refractivity contribution is 7.13. The smallest absolute Gasteiger partial charge is 0.267 e. The molecule has 0 unspecified atom stereocenters. The summed E-state index contributed by atoms with van der Waals surface area (Å²) in [6, 6.07) is 8.93. The van der Waals surface area contributed by atoms with Crippen LogP contribution >= 0.6 is 11.3 Å². The average Bonchev–Trinajstić information content (AvgIpc) is 3.42. The van der Waals surface area contributed by atoms with Gasteiger partial charge in [-0.2, -0.15) is 5.10 Å². The van der Waals surface area contributed by atoms with Crippen molar-refractivity contribution < 1.29 is 4.79 Å². The fourth-order valence-corrected chi connectivity index (χ4v) is 4.52. The predicted molar refractivity (Wildman–Crippen MR) is 127 cm³/mol. The summed E-state index contributed by atoms with van der Waals surface area (Å²) in [5.41, 5.74) is 6.91. The van der Waals surface area contributed by atoms with Crippen molar-refractivity contribution in [1.29, 1.82) is 0 Å². The van der Waals surface area contributed by atoms with Crippen molar-refractivity contribution in [3.05, 3.63) is 81.7 Å². The number of amides is 1. The molecule has 1 N–H and O–H groups in total. The van der Waals surface area contributed by atoms with Gasteiger partial charge in [0.1, 0.15) is 10.7 Å². The van der Waals surface area contributed by atoms with E-state index in [-0.39, 0.29) is 11.3 Å². The second-order valence-electron chi connectivity index (χ2n) is 7.51. The number of hydrogen-bond donors (Lipinski definition) is 1. The van der Waals surface area contributed by atoms with Gasteiger partial charge in [0, 0.05) is 47.2 Å². The molecule has 5 aromatic rings. The largest absolute Gasteiger partial charge is 0.291 e. The van der Waals surface area contributed by atoms with E-state index in [0.29, 0.717) is 16.5 Å². The Hall–Kier alpha value is -4.18. The third-order valence-electron chi connectivity index (χ3n) is 5.38. The van der Waals surface area contributed by atoms with E-state index in [0.717, 1.165) is 27.7 Å². The molecule has 0 radical (unpaired) electrons. The number of fused-ring (bicyclic) bond motifs is 1. The van der Waals surface area contributed by atoms with E-state index in [1.807, 2.05) is 25.3 Å². The monoisotopic (exact) mass is 457 g/mol. The zero-order valence-corrected chi connectivity index (χ0v) is 18.9. The lowest BCUT2D eigenvalue weighted by molar-refractivity contribution is 0.100. The van der Waals surface area contributed by atoms with Crippen LogP contribution in [0.2, 0.25) is 0 Å². The third kappa shape index (κ3) is 3.60. The summed E-state index contributed by atoms with van der Waals surface area (Å²) in [6.07, 6.45) is 4.93. The molecule has 33 heavy (non-hydrogen) atoms. The maximum atomic E-state index is 13.2. The van der Waals surface area contributed by atoms with Crippen molar-refractivity contribution >= 4 is 28.0 Å². The number of nitrogens with zero attached hydrogens (tertiary/aromatic N) is 6. The molecule has 4 aromatic heterocycles. The third-order valence-corrected chi connectivity index (χ3v) is 6.24. The SMILES string of the molecule is Cc1cc(-c2csc(-c3cnccn3)n2)c(C)n1NC(=O)c1nn(C)c(=O)c2ccccc12. The van der Waals surface area contributed by atoms with Crippen LogP contribution in [0.5, 0.6) is 0 Å². The molecule has 0 spiro atoms. The molecule has 10 heteroatoms. The van der Waals surface area contributed by atoms with E-state index >= 15 is 0 Å². The Balaban J connectivity index is 1.50. The maximum absolute atomic E-state index is 13.2. The van der Waals surface area contributed by atoms with Crippen molar-refractivity contribution in [2.24, 2.45) is 7.05 Å². The number of hydrogen-bond acceptors (Lipinski definition) is 7. The number of thiazole rings is 1. The second kappa shape index (κ2) is 8.06. The minimum Gasteiger partial charge on any atom is -0.267 e. The average molecular weight is 458 g/mol. The standard InChI is InChI=1S/C23H19N7O2S/c1-13-10-17(19-12-33-22(26-19)18-11-24-8-9-25-18)14(2)30(13)28-21(31)20-15-6-4-5-7-16(15)23(32)29(3)27-20/h4-12H,1-3H3,(H,28,31). The summed E-state index contributed by atoms with van der Waals surface area (Å²) < 4.78 is 2.89. The first-order valence-corrected chi connectivity index (χ1v) is 11.0. The number of rotatable bonds is 4. The minimum absolute atomic E-state index is 0.181. The maximum Gasteiger partial charge on any atom is 0.291 e. The van der Waals surface area contributed by atoms with Crippen LogP contribution in [-0.2, 0) is 7.05 Å². The van der Waals surface area contributed by atoms with Gasteiger partial charge < -0.3 is 0 Å². The second-order valence-corrected chi connectivity index (χ2v) is 8.37. The van der Waals surface area contributed by atoms with Gasteiger partial charge in [-0.15, -0.1) is 11.3 Å². The molecule has 0 aliphatic carbocycles. The number of aromatic nitrogens is 6. The lowest BCUT2D eigenvalue weighted by Crippen LogP contribution is -2.29. The number of nitrogens with one attached hydrogen (secondary N) is 1. The molecular formula is C23H19N7O2S. The molecule has 5 rings (SSSR count). The van der Waals surface area contributed by atoms with E-state index in [2.05, 4.69) is 20.5 Å². The summed E-state index contributed by atoms with van der Waals surface area (Å²) >= 11 is 1.48. The highest BCUT2D eigenvalue weighted by Crippen LogP contribution is 2.31. The fourth-order valence-electron chi connectivity index (χ4n) is 3.74. The molecular weight excluding hydrogens is 438 g/mol. The molecule has 164 valence electrons. The van der Waals surface area contributed by atoms with Crippen molar-refractivity contribution in [1.82, 2.24) is 29.4 Å². The normalized spacial score (nSPS) is 11.1. The molecule has 1 amide bonds. The molecule has 9 nitrogen and oxygen atoms in total. The lowest BCUT2D eigenvalue weighted by Gasteiger charge is -2.13. The van der Waals surface area contributed by atoms with Crippen molar-refractivity contribution in [2.75, 3.05) is 5.43 Å². The summed E-state index contributed by atoms with van der Waals surface area (Å²) in [4.78, 5) is 38.7. The zero-order chi connectivity index (χ0) is 23.1. The van der Waals surface area contributed by atoms with Gasteiger partial charge in [-0.25, -0.2) is 9.67 Å². The number of carbonyl (C=O) groups excluding carboxylic acids is 1. The Morgan fingerprint density at radius 1 is 1.09 bits per heavy atom. The Labute approximate surface area is 192 Å². The van der Waals surface area contributed by atoms with Gasteiger partial charge in [-0.1, -0.05) is 18.2 Å². The molecule has 4 heterocycles. The number of aryl methyl sites for hydroxylation is 2. The van der Waals surface area contributed by atoms with E-state index in [4.69, 9.17) is 4.98 Å². The molecule has 0 atom stereocenters. The van der Waals surface area contributed by atoms with Crippen molar-refractivity contribution in [3.63, 3.8) is 0 Å². The summed E-state index contributed by atoms with van der Waals surface area (Å²) in [6.45, 7) is 3.81. The number of carbonyl (C=O) groups is 1. The Morgan fingerprint density at radius 2 is 1.88 bits per heavy atom. The molecule has 0 aliphatic rings. The van der Waals surface area contributed by atoms with Gasteiger partial charge >= 0.3 is 0 Å². The highest BCUT2D eigenvalue weighted by Gasteiger charge is 2.20. The zero-order valence-electron chi connectivity index (χ0n) is 18.1. The van der Waals surface area contributed by atoms with Crippen LogP contribution in [0.25, 0.3) is 32.7 Å². The number of benzene rings is 1. The van der Waals surface area contributed by atoms with Gasteiger partial charge in [0.15, 0.2) is 5.69 Å². The van der Waals surface area contributed by atoms with Gasteiger partial charge in [-0.05, 0) is 26.0 Å². The first-order chi connectivity index (χ1) is 15.9. The topological polar surface area (TPSA) is 108 Å². The van der Waals surface area contributed by atoms with Crippen molar-refractivity contribution in [2.45, 2.75) is 13.8 Å². The van der Waals surface area contributed by atoms with Crippen LogP contribution in [-0.4, -0.2) is 35.3 Å². The van der Waals surface area contributed by atoms with Gasteiger partial charge in [0.05, 0.1) is 17.3 Å². The van der Waals surface area contributed by atoms with Gasteiger partial charge in [0.2, 0.25) is 0 Å². The molecule has 0 aliphatic heterocycles. The Bertz CT molecular complexity index is 1570. The molecule has 1 aromatic carbocycles. The quantitative estimate of drug-likeness (QED) is 0.444. The summed E-state index contributed by atoms with van der Waals surface area (Å²) in [7, 11) is 1.53. The highest BCUT2D eigenvalue weighted by atomic mass is 32.1. The molecule has 0 saturated heterocycles. The van der Waals surface area contributed by atoms with E-state index in [9.17, 15) is 9.59 Å². The first kappa shape index (κ1) is 20.7. The van der Waals surface area contributed by atoms with E-state index < -0.39 is 5.91 Å². The van der Waals surface area contributed by atoms with Crippen molar-refractivity contribution in [3.8, 4) is 22.0 Å². The summed E-state index contributed by atoms with van der Waals surface area (Å²) in [5.74, 6) is -0.409. The minimum atomic E-state index is -0.409. The Kier molecular flexibility index (Phi) is 5.06. The van der Waals surface area contributed by atoms with Crippen LogP contribution in [0, 0.1) is 13.8 Å². The van der Waals surface area contributed by atoms with Crippen LogP contribution in [0.15, 0.2) is 59.1 Å². The fraction of sp³-hybridized carbons (Fsp3) is 0.130. The van der Waals surface area contributed by atoms with Crippen LogP contribution in [0.3, 0.4) is 0 Å². The molecule has 0 fully saturated rings. The molecule has 0 saturated carbocycles. The van der Waals surface area contributed by atoms with E-state index in [1.165, 1.54) is 23.1 Å². The van der Waals surface area contributed by atoms with E-state index in [1.54, 1.807) is 47.5 Å². The lowest BCUT2D eigenvalue weighted by atomic mass is 10.1. The predicted octanol–water partition coefficient (Wildman–Crippen LogP) is 3.32. The van der Waals surface area contributed by atoms with Gasteiger partial charge in [0.25, 0.3) is 11.5 Å². The summed E-state index contributed by atoms with van der Waals surface area (Å²) in [5, 5.41) is 7.90. The Morgan fingerprint density at radius 3 is 2.64 bits per heavy atom. The van der Waals surface area contributed by atoms with Crippen LogP contribution in [0.4, 0.5) is 0 Å². The van der Waals surface area contributed by atoms with Gasteiger partial charge in [-0.3, -0.25) is 29.7 Å². The first-order valence-electron chi connectivity index (χ1n) is 10.1. The molecule has 0 bridgehead atoms. The van der Waals surface area contributed by atoms with Crippen LogP contribution in [0.1, 0.15) is 21.9 Å². The van der Waals surface area contributed by atoms with Crippen LogP contribution < -0.4 is 11.0 Å².